The average Bonchev–Trinajstić information content (AvgIpc) is 3.30. The Morgan fingerprint density at radius 3 is 2.39 bits per heavy atom. The average molecular weight is 454 g/mol. The first-order valence-electron chi connectivity index (χ1n) is 11.2. The van der Waals surface area contributed by atoms with Gasteiger partial charge in [-0.3, -0.25) is 9.97 Å². The highest BCUT2D eigenvalue weighted by atomic mass is 32.1. The molecule has 3 aromatic heterocycles. The molecular formula is C27H27N5S. The first-order valence-corrected chi connectivity index (χ1v) is 11.6. The van der Waals surface area contributed by atoms with Gasteiger partial charge in [0.2, 0.25) is 0 Å². The summed E-state index contributed by atoms with van der Waals surface area (Å²) in [4.78, 5) is 11.5. The van der Waals surface area contributed by atoms with E-state index in [4.69, 9.17) is 12.2 Å². The summed E-state index contributed by atoms with van der Waals surface area (Å²) in [7, 11) is 0. The Morgan fingerprint density at radius 1 is 0.909 bits per heavy atom. The number of thiocarbonyl (C=S) groups is 1. The van der Waals surface area contributed by atoms with Gasteiger partial charge in [0.25, 0.3) is 0 Å². The molecule has 33 heavy (non-hydrogen) atoms. The van der Waals surface area contributed by atoms with Crippen LogP contribution in [0.25, 0.3) is 5.69 Å². The maximum Gasteiger partial charge on any atom is 0.170 e. The largest absolute Gasteiger partial charge is 0.352 e. The lowest BCUT2D eigenvalue weighted by atomic mass is 9.96. The van der Waals surface area contributed by atoms with Gasteiger partial charge < -0.3 is 14.8 Å². The third-order valence-electron chi connectivity index (χ3n) is 6.31. The van der Waals surface area contributed by atoms with Crippen LogP contribution in [0.3, 0.4) is 0 Å². The van der Waals surface area contributed by atoms with Gasteiger partial charge in [-0.2, -0.15) is 0 Å². The molecule has 2 unspecified atom stereocenters. The van der Waals surface area contributed by atoms with Crippen LogP contribution < -0.4 is 5.32 Å². The fourth-order valence-corrected chi connectivity index (χ4v) is 5.14. The number of pyridine rings is 2. The molecular weight excluding hydrogens is 426 g/mol. The van der Waals surface area contributed by atoms with E-state index in [-0.39, 0.29) is 12.1 Å². The second-order valence-corrected chi connectivity index (χ2v) is 8.96. The zero-order chi connectivity index (χ0) is 22.9. The van der Waals surface area contributed by atoms with E-state index in [1.165, 1.54) is 28.2 Å². The number of rotatable bonds is 5. The Morgan fingerprint density at radius 2 is 1.70 bits per heavy atom. The molecule has 166 valence electrons. The van der Waals surface area contributed by atoms with Crippen molar-refractivity contribution in [2.45, 2.75) is 39.4 Å². The summed E-state index contributed by atoms with van der Waals surface area (Å²) in [5.41, 5.74) is 8.04. The Labute approximate surface area is 200 Å². The second kappa shape index (κ2) is 8.79. The van der Waals surface area contributed by atoms with Crippen molar-refractivity contribution >= 4 is 17.3 Å². The highest BCUT2D eigenvalue weighted by molar-refractivity contribution is 7.80. The fourth-order valence-electron chi connectivity index (χ4n) is 4.83. The van der Waals surface area contributed by atoms with E-state index < -0.39 is 0 Å². The summed E-state index contributed by atoms with van der Waals surface area (Å²) in [5, 5.41) is 4.28. The number of aryl methyl sites for hydroxylation is 2. The van der Waals surface area contributed by atoms with E-state index in [0.717, 1.165) is 16.5 Å². The van der Waals surface area contributed by atoms with Crippen molar-refractivity contribution in [1.29, 1.82) is 0 Å². The number of benzene rings is 1. The maximum absolute atomic E-state index is 5.84. The van der Waals surface area contributed by atoms with Crippen molar-refractivity contribution in [2.24, 2.45) is 0 Å². The van der Waals surface area contributed by atoms with Gasteiger partial charge >= 0.3 is 0 Å². The van der Waals surface area contributed by atoms with Crippen molar-refractivity contribution in [3.63, 3.8) is 0 Å². The van der Waals surface area contributed by atoms with Gasteiger partial charge in [0.15, 0.2) is 5.11 Å². The first kappa shape index (κ1) is 21.3. The minimum absolute atomic E-state index is 0.000773. The second-order valence-electron chi connectivity index (χ2n) is 8.58. The van der Waals surface area contributed by atoms with Crippen LogP contribution in [0.5, 0.6) is 0 Å². The lowest BCUT2D eigenvalue weighted by molar-refractivity contribution is 0.307. The standard InChI is InChI=1S/C27H27N5S/c1-18-9-8-11-22(15-18)32-19(2)16-23(20(32)3)26-25(24-12-5-7-14-29-24)30-27(33)31(26)17-21-10-4-6-13-28-21/h4-16,25-26H,17H2,1-3H3,(H,30,33). The molecule has 1 saturated heterocycles. The zero-order valence-electron chi connectivity index (χ0n) is 19.1. The molecule has 4 heterocycles. The molecule has 6 heteroatoms. The lowest BCUT2D eigenvalue weighted by Crippen LogP contribution is -2.29. The molecule has 1 aliphatic heterocycles. The van der Waals surface area contributed by atoms with Crippen molar-refractivity contribution in [1.82, 2.24) is 24.8 Å². The number of hydrogen-bond donors (Lipinski definition) is 1. The number of aromatic nitrogens is 3. The van der Waals surface area contributed by atoms with Crippen molar-refractivity contribution < 1.29 is 0 Å². The van der Waals surface area contributed by atoms with Crippen LogP contribution in [0.1, 0.15) is 46.0 Å². The molecule has 2 atom stereocenters. The monoisotopic (exact) mass is 453 g/mol. The molecule has 0 spiro atoms. The van der Waals surface area contributed by atoms with Crippen LogP contribution in [0.15, 0.2) is 79.1 Å². The van der Waals surface area contributed by atoms with E-state index in [1.807, 2.05) is 42.7 Å². The molecule has 0 aliphatic carbocycles. The van der Waals surface area contributed by atoms with Crippen LogP contribution in [-0.2, 0) is 6.54 Å². The molecule has 1 fully saturated rings. The van der Waals surface area contributed by atoms with Gasteiger partial charge in [0, 0.05) is 29.5 Å². The normalized spacial score (nSPS) is 17.9. The smallest absolute Gasteiger partial charge is 0.170 e. The molecule has 5 rings (SSSR count). The Hall–Kier alpha value is -3.51. The van der Waals surface area contributed by atoms with Gasteiger partial charge in [0.1, 0.15) is 0 Å². The van der Waals surface area contributed by atoms with E-state index in [9.17, 15) is 0 Å². The Kier molecular flexibility index (Phi) is 5.68. The van der Waals surface area contributed by atoms with Crippen LogP contribution in [0.4, 0.5) is 0 Å². The number of hydrogen-bond acceptors (Lipinski definition) is 3. The fraction of sp³-hybridized carbons (Fsp3) is 0.222. The van der Waals surface area contributed by atoms with Crippen molar-refractivity contribution in [2.75, 3.05) is 0 Å². The molecule has 5 nitrogen and oxygen atoms in total. The summed E-state index contributed by atoms with van der Waals surface area (Å²) in [5.74, 6) is 0. The summed E-state index contributed by atoms with van der Waals surface area (Å²) in [6, 6.07) is 22.9. The number of nitrogens with one attached hydrogen (secondary N) is 1. The van der Waals surface area contributed by atoms with Crippen molar-refractivity contribution in [3.05, 3.63) is 113 Å². The topological polar surface area (TPSA) is 46.0 Å². The van der Waals surface area contributed by atoms with E-state index in [2.05, 4.69) is 81.9 Å². The molecule has 0 saturated carbocycles. The minimum Gasteiger partial charge on any atom is -0.352 e. The summed E-state index contributed by atoms with van der Waals surface area (Å²) in [6.07, 6.45) is 3.67. The van der Waals surface area contributed by atoms with Crippen molar-refractivity contribution in [3.8, 4) is 5.69 Å². The summed E-state index contributed by atoms with van der Waals surface area (Å²) >= 11 is 5.84. The van der Waals surface area contributed by atoms with E-state index in [1.54, 1.807) is 0 Å². The highest BCUT2D eigenvalue weighted by Crippen LogP contribution is 2.42. The van der Waals surface area contributed by atoms with E-state index in [0.29, 0.717) is 6.54 Å². The van der Waals surface area contributed by atoms with Gasteiger partial charge in [-0.15, -0.1) is 0 Å². The summed E-state index contributed by atoms with van der Waals surface area (Å²) in [6.45, 7) is 7.12. The molecule has 0 bridgehead atoms. The Balaban J connectivity index is 1.62. The van der Waals surface area contributed by atoms with Gasteiger partial charge in [-0.05, 0) is 86.6 Å². The van der Waals surface area contributed by atoms with Gasteiger partial charge in [-0.25, -0.2) is 0 Å². The molecule has 1 N–H and O–H groups in total. The van der Waals surface area contributed by atoms with Crippen LogP contribution in [-0.4, -0.2) is 24.5 Å². The molecule has 1 aliphatic rings. The predicted octanol–water partition coefficient (Wildman–Crippen LogP) is 5.37. The van der Waals surface area contributed by atoms with Gasteiger partial charge in [-0.1, -0.05) is 24.3 Å². The quantitative estimate of drug-likeness (QED) is 0.412. The summed E-state index contributed by atoms with van der Waals surface area (Å²) < 4.78 is 2.33. The van der Waals surface area contributed by atoms with Crippen LogP contribution in [0, 0.1) is 20.8 Å². The first-order chi connectivity index (χ1) is 16.0. The maximum atomic E-state index is 5.84. The Bertz CT molecular complexity index is 1280. The van der Waals surface area contributed by atoms with Crippen LogP contribution in [0.2, 0.25) is 0 Å². The minimum atomic E-state index is -0.0473. The zero-order valence-corrected chi connectivity index (χ0v) is 19.9. The molecule has 4 aromatic rings. The van der Waals surface area contributed by atoms with Crippen LogP contribution >= 0.6 is 12.2 Å². The molecule has 0 radical (unpaired) electrons. The number of nitrogens with zero attached hydrogens (tertiary/aromatic N) is 4. The molecule has 1 aromatic carbocycles. The third-order valence-corrected chi connectivity index (χ3v) is 6.66. The third kappa shape index (κ3) is 4.02. The SMILES string of the molecule is Cc1cccc(-n2c(C)cc(C3C(c4ccccn4)NC(=S)N3Cc3ccccn3)c2C)c1. The van der Waals surface area contributed by atoms with E-state index >= 15 is 0 Å². The lowest BCUT2D eigenvalue weighted by Gasteiger charge is -2.28. The molecule has 0 amide bonds. The van der Waals surface area contributed by atoms with Gasteiger partial charge in [0.05, 0.1) is 30.0 Å². The predicted molar refractivity (Wildman–Crippen MR) is 135 cm³/mol. The highest BCUT2D eigenvalue weighted by Gasteiger charge is 2.41.